The molecule has 0 unspecified atom stereocenters. The van der Waals surface area contributed by atoms with Crippen LogP contribution in [0.4, 0.5) is 0 Å². The van der Waals surface area contributed by atoms with E-state index in [2.05, 4.69) is 5.32 Å². The molecule has 3 N–H and O–H groups in total. The van der Waals surface area contributed by atoms with Gasteiger partial charge in [-0.25, -0.2) is 0 Å². The normalized spacial score (nSPS) is 9.64. The van der Waals surface area contributed by atoms with Gasteiger partial charge in [0, 0.05) is 6.54 Å². The van der Waals surface area contributed by atoms with Crippen LogP contribution in [0.25, 0.3) is 0 Å². The van der Waals surface area contributed by atoms with Gasteiger partial charge >= 0.3 is 0 Å². The number of aliphatic hydroxyl groups excluding tert-OH is 2. The molecule has 0 radical (unpaired) electrons. The molecule has 0 saturated carbocycles. The SMILES string of the molecule is O=C(COCCO)NCCO. The number of aliphatic hydroxyl groups is 2. The first-order chi connectivity index (χ1) is 5.31. The van der Waals surface area contributed by atoms with Crippen LogP contribution in [0.5, 0.6) is 0 Å². The van der Waals surface area contributed by atoms with Gasteiger partial charge < -0.3 is 20.3 Å². The van der Waals surface area contributed by atoms with Crippen LogP contribution in [0.15, 0.2) is 0 Å². The molecule has 0 bridgehead atoms. The molecule has 0 saturated heterocycles. The number of hydrogen-bond acceptors (Lipinski definition) is 4. The molecule has 11 heavy (non-hydrogen) atoms. The molecular formula is C6H13NO4. The van der Waals surface area contributed by atoms with Gasteiger partial charge in [-0.1, -0.05) is 0 Å². The van der Waals surface area contributed by atoms with Crippen molar-refractivity contribution in [3.63, 3.8) is 0 Å². The number of carbonyl (C=O) groups is 1. The van der Waals surface area contributed by atoms with Crippen molar-refractivity contribution in [1.29, 1.82) is 0 Å². The number of amides is 1. The van der Waals surface area contributed by atoms with E-state index in [0.717, 1.165) is 0 Å². The Morgan fingerprint density at radius 3 is 2.64 bits per heavy atom. The Morgan fingerprint density at radius 2 is 2.09 bits per heavy atom. The van der Waals surface area contributed by atoms with Crippen LogP contribution in [-0.4, -0.2) is 49.1 Å². The highest BCUT2D eigenvalue weighted by atomic mass is 16.5. The van der Waals surface area contributed by atoms with E-state index in [1.165, 1.54) is 0 Å². The highest BCUT2D eigenvalue weighted by Gasteiger charge is 1.97. The Morgan fingerprint density at radius 1 is 1.36 bits per heavy atom. The van der Waals surface area contributed by atoms with Gasteiger partial charge in [0.1, 0.15) is 6.61 Å². The zero-order chi connectivity index (χ0) is 8.53. The lowest BCUT2D eigenvalue weighted by Crippen LogP contribution is -2.30. The highest BCUT2D eigenvalue weighted by Crippen LogP contribution is 1.73. The molecule has 0 spiro atoms. The second-order valence-electron chi connectivity index (χ2n) is 1.85. The van der Waals surface area contributed by atoms with Crippen LogP contribution in [0.2, 0.25) is 0 Å². The van der Waals surface area contributed by atoms with Gasteiger partial charge in [0.25, 0.3) is 0 Å². The van der Waals surface area contributed by atoms with E-state index >= 15 is 0 Å². The molecule has 5 heteroatoms. The molecule has 0 aromatic carbocycles. The lowest BCUT2D eigenvalue weighted by atomic mass is 10.6. The van der Waals surface area contributed by atoms with Crippen molar-refractivity contribution in [1.82, 2.24) is 5.32 Å². The van der Waals surface area contributed by atoms with Crippen molar-refractivity contribution >= 4 is 5.91 Å². The number of rotatable bonds is 6. The summed E-state index contributed by atoms with van der Waals surface area (Å²) in [5.74, 6) is -0.285. The fourth-order valence-electron chi connectivity index (χ4n) is 0.476. The van der Waals surface area contributed by atoms with Crippen LogP contribution in [0.3, 0.4) is 0 Å². The van der Waals surface area contributed by atoms with Gasteiger partial charge in [0.2, 0.25) is 5.91 Å². The molecule has 0 aliphatic carbocycles. The maximum absolute atomic E-state index is 10.6. The third kappa shape index (κ3) is 7.24. The third-order valence-electron chi connectivity index (χ3n) is 0.903. The minimum absolute atomic E-state index is 0.0689. The number of carbonyl (C=O) groups excluding carboxylic acids is 1. The van der Waals surface area contributed by atoms with Crippen molar-refractivity contribution < 1.29 is 19.7 Å². The van der Waals surface area contributed by atoms with Crippen LogP contribution in [-0.2, 0) is 9.53 Å². The molecule has 0 aromatic heterocycles. The van der Waals surface area contributed by atoms with Gasteiger partial charge in [0.05, 0.1) is 19.8 Å². The second-order valence-corrected chi connectivity index (χ2v) is 1.85. The average Bonchev–Trinajstić information content (AvgIpc) is 2.01. The van der Waals surface area contributed by atoms with Gasteiger partial charge in [0.15, 0.2) is 0 Å². The number of nitrogens with one attached hydrogen (secondary N) is 1. The fourth-order valence-corrected chi connectivity index (χ4v) is 0.476. The monoisotopic (exact) mass is 163 g/mol. The Kier molecular flexibility index (Phi) is 7.02. The molecule has 66 valence electrons. The quantitative estimate of drug-likeness (QED) is 0.400. The summed E-state index contributed by atoms with van der Waals surface area (Å²) in [6.07, 6.45) is 0. The van der Waals surface area contributed by atoms with Crippen LogP contribution >= 0.6 is 0 Å². The first kappa shape index (κ1) is 10.3. The molecule has 0 heterocycles. The summed E-state index contributed by atoms with van der Waals surface area (Å²) < 4.78 is 4.70. The second kappa shape index (κ2) is 7.46. The Balaban J connectivity index is 3.09. The Bertz CT molecular complexity index is 107. The van der Waals surface area contributed by atoms with Crippen LogP contribution < -0.4 is 5.32 Å². The number of ether oxygens (including phenoxy) is 1. The molecule has 0 fully saturated rings. The largest absolute Gasteiger partial charge is 0.395 e. The van der Waals surface area contributed by atoms with Gasteiger partial charge in [-0.15, -0.1) is 0 Å². The minimum Gasteiger partial charge on any atom is -0.395 e. The van der Waals surface area contributed by atoms with Crippen LogP contribution in [0.1, 0.15) is 0 Å². The summed E-state index contributed by atoms with van der Waals surface area (Å²) in [5.41, 5.74) is 0. The van der Waals surface area contributed by atoms with E-state index in [1.54, 1.807) is 0 Å². The van der Waals surface area contributed by atoms with Crippen molar-refractivity contribution in [2.45, 2.75) is 0 Å². The van der Waals surface area contributed by atoms with Gasteiger partial charge in [-0.2, -0.15) is 0 Å². The molecule has 5 nitrogen and oxygen atoms in total. The highest BCUT2D eigenvalue weighted by molar-refractivity contribution is 5.77. The van der Waals surface area contributed by atoms with Gasteiger partial charge in [-0.05, 0) is 0 Å². The molecule has 0 atom stereocenters. The van der Waals surface area contributed by atoms with E-state index in [9.17, 15) is 4.79 Å². The summed E-state index contributed by atoms with van der Waals surface area (Å²) in [7, 11) is 0. The molecule has 0 aliphatic rings. The maximum atomic E-state index is 10.6. The predicted molar refractivity (Wildman–Crippen MR) is 38.0 cm³/mol. The van der Waals surface area contributed by atoms with E-state index in [1.807, 2.05) is 0 Å². The minimum atomic E-state index is -0.285. The topological polar surface area (TPSA) is 78.8 Å². The van der Waals surface area contributed by atoms with Crippen molar-refractivity contribution in [3.05, 3.63) is 0 Å². The lowest BCUT2D eigenvalue weighted by molar-refractivity contribution is -0.126. The van der Waals surface area contributed by atoms with Gasteiger partial charge in [-0.3, -0.25) is 4.79 Å². The lowest BCUT2D eigenvalue weighted by Gasteiger charge is -2.02. The summed E-state index contributed by atoms with van der Waals surface area (Å²) in [6.45, 7) is 0.160. The van der Waals surface area contributed by atoms with E-state index < -0.39 is 0 Å². The zero-order valence-corrected chi connectivity index (χ0v) is 6.25. The molecular weight excluding hydrogens is 150 g/mol. The fraction of sp³-hybridized carbons (Fsp3) is 0.833. The van der Waals surface area contributed by atoms with E-state index in [4.69, 9.17) is 14.9 Å². The first-order valence-electron chi connectivity index (χ1n) is 3.37. The van der Waals surface area contributed by atoms with Crippen molar-refractivity contribution in [2.75, 3.05) is 33.0 Å². The smallest absolute Gasteiger partial charge is 0.246 e. The zero-order valence-electron chi connectivity index (χ0n) is 6.25. The van der Waals surface area contributed by atoms with Crippen molar-refractivity contribution in [2.24, 2.45) is 0 Å². The first-order valence-corrected chi connectivity index (χ1v) is 3.37. The average molecular weight is 163 g/mol. The molecule has 0 aliphatic heterocycles. The van der Waals surface area contributed by atoms with Crippen LogP contribution in [0, 0.1) is 0 Å². The Labute approximate surface area is 65.0 Å². The third-order valence-corrected chi connectivity index (χ3v) is 0.903. The van der Waals surface area contributed by atoms with Crippen molar-refractivity contribution in [3.8, 4) is 0 Å². The summed E-state index contributed by atoms with van der Waals surface area (Å²) in [4.78, 5) is 10.6. The molecule has 1 amide bonds. The van der Waals surface area contributed by atoms with E-state index in [-0.39, 0.29) is 38.9 Å². The summed E-state index contributed by atoms with van der Waals surface area (Å²) in [6, 6.07) is 0. The predicted octanol–water partition coefficient (Wildman–Crippen LogP) is -1.90. The summed E-state index contributed by atoms with van der Waals surface area (Å²) >= 11 is 0. The maximum Gasteiger partial charge on any atom is 0.246 e. The van der Waals surface area contributed by atoms with E-state index in [0.29, 0.717) is 0 Å². The Hall–Kier alpha value is -0.650. The summed E-state index contributed by atoms with van der Waals surface area (Å²) in [5, 5.41) is 18.9. The molecule has 0 rings (SSSR count). The number of hydrogen-bond donors (Lipinski definition) is 3. The standard InChI is InChI=1S/C6H13NO4/c8-2-1-7-6(10)5-11-4-3-9/h8-9H,1-5H2,(H,7,10). The molecule has 0 aromatic rings.